The van der Waals surface area contributed by atoms with Crippen LogP contribution < -0.4 is 44.9 Å². The lowest BCUT2D eigenvalue weighted by atomic mass is 9.93. The van der Waals surface area contributed by atoms with Crippen molar-refractivity contribution in [3.8, 4) is 67.9 Å². The summed E-state index contributed by atoms with van der Waals surface area (Å²) >= 11 is 4.64. The zero-order chi connectivity index (χ0) is 82.1. The molecule has 4 aliphatic heterocycles. The number of piperidine rings is 3. The number of aromatic nitrogens is 7. The second-order valence-corrected chi connectivity index (χ2v) is 28.7. The number of H-pyrrole nitrogens is 1. The number of carbonyl (C=O) groups is 5. The Hall–Kier alpha value is -12.2. The van der Waals surface area contributed by atoms with E-state index in [9.17, 15) is 28.8 Å². The summed E-state index contributed by atoms with van der Waals surface area (Å²) in [6.07, 6.45) is 12.0. The lowest BCUT2D eigenvalue weighted by molar-refractivity contribution is -0.145. The van der Waals surface area contributed by atoms with Crippen molar-refractivity contribution in [2.24, 2.45) is 7.05 Å². The molecule has 602 valence electrons. The number of nitrogen functional groups attached to an aromatic ring is 1. The second-order valence-electron chi connectivity index (χ2n) is 28.1. The molecule has 15 rings (SSSR count). The predicted octanol–water partition coefficient (Wildman–Crippen LogP) is 16.7. The first-order chi connectivity index (χ1) is 55.7. The molecule has 0 amide bonds. The number of nitrogens with one attached hydrogen (secondary N) is 1. The Morgan fingerprint density at radius 1 is 0.530 bits per heavy atom. The largest absolute Gasteiger partial charge is 0.497 e. The van der Waals surface area contributed by atoms with Crippen molar-refractivity contribution in [2.45, 2.75) is 111 Å². The topological polar surface area (TPSA) is 262 Å². The number of ketones is 1. The van der Waals surface area contributed by atoms with Crippen LogP contribution in [0.2, 0.25) is 0 Å². The van der Waals surface area contributed by atoms with E-state index in [4.69, 9.17) is 39.6 Å². The summed E-state index contributed by atoms with van der Waals surface area (Å²) in [6, 6.07) is 60.1. The fraction of sp³-hybridized carbons (Fsp3) is 0.330. The smallest absolute Gasteiger partial charge is 0.320 e. The number of aromatic amines is 1. The number of benzene rings is 7. The SMILES string of the molecule is CC(=O)Cl.CCOC(=O)Cc1ccc(OC)cc1.COC(=O)C(C(C)=O)c1ccc(OC)cc1.COc1ccc(-c2c(C)n(C)c3c(N4CCCCC4)c(-c4ccccc4)nn3c2=O)cc1.COc1ccc(C2=C(C)Cc3c(N4CCCCC4)c(-c4ccccc4)nn3C2=O)cc1.Nc1n[nH]c(-c2ccccc2)c1N1CCCCC1. The minimum Gasteiger partial charge on any atom is -0.497 e. The Labute approximate surface area is 677 Å². The van der Waals surface area contributed by atoms with E-state index in [0.717, 1.165) is 171 Å². The molecule has 23 nitrogen and oxygen atoms in total. The van der Waals surface area contributed by atoms with Gasteiger partial charge in [-0.15, -0.1) is 0 Å². The van der Waals surface area contributed by atoms with Crippen molar-refractivity contribution in [2.75, 3.05) is 102 Å². The second kappa shape index (κ2) is 41.5. The first kappa shape index (κ1) is 85.2. The van der Waals surface area contributed by atoms with Crippen molar-refractivity contribution in [3.63, 3.8) is 0 Å². The maximum Gasteiger partial charge on any atom is 0.320 e. The van der Waals surface area contributed by atoms with E-state index >= 15 is 0 Å². The average molecular weight is 1580 g/mol. The highest BCUT2D eigenvalue weighted by Crippen LogP contribution is 2.42. The summed E-state index contributed by atoms with van der Waals surface area (Å²) in [4.78, 5) is 77.7. The number of methoxy groups -OCH3 is 5. The van der Waals surface area contributed by atoms with Gasteiger partial charge in [-0.3, -0.25) is 33.9 Å². The van der Waals surface area contributed by atoms with Crippen LogP contribution in [0.25, 0.3) is 56.1 Å². The number of nitrogens with zero attached hydrogens (tertiary/aromatic N) is 9. The summed E-state index contributed by atoms with van der Waals surface area (Å²) < 4.78 is 35.4. The summed E-state index contributed by atoms with van der Waals surface area (Å²) in [7, 11) is 9.75. The van der Waals surface area contributed by atoms with Gasteiger partial charge in [-0.05, 0) is 168 Å². The molecule has 3 saturated heterocycles. The van der Waals surface area contributed by atoms with Crippen molar-refractivity contribution in [1.29, 1.82) is 0 Å². The predicted molar refractivity (Wildman–Crippen MR) is 455 cm³/mol. The van der Waals surface area contributed by atoms with Crippen LogP contribution in [-0.2, 0) is 48.5 Å². The van der Waals surface area contributed by atoms with Crippen LogP contribution in [0.3, 0.4) is 0 Å². The van der Waals surface area contributed by atoms with Gasteiger partial charge in [0.05, 0.1) is 71.2 Å². The number of hydrogen-bond acceptors (Lipinski definition) is 19. The van der Waals surface area contributed by atoms with Gasteiger partial charge < -0.3 is 53.4 Å². The molecular weight excluding hydrogens is 1470 g/mol. The van der Waals surface area contributed by atoms with Gasteiger partial charge in [-0.1, -0.05) is 145 Å². The molecule has 0 spiro atoms. The summed E-state index contributed by atoms with van der Waals surface area (Å²) in [6.45, 7) is 15.1. The Morgan fingerprint density at radius 3 is 1.41 bits per heavy atom. The third-order valence-corrected chi connectivity index (χ3v) is 20.4. The average Bonchev–Trinajstić information content (AvgIpc) is 1.61. The fourth-order valence-corrected chi connectivity index (χ4v) is 14.7. The Kier molecular flexibility index (Phi) is 30.8. The van der Waals surface area contributed by atoms with Gasteiger partial charge in [0.25, 0.3) is 11.5 Å². The number of halogens is 1. The van der Waals surface area contributed by atoms with E-state index in [0.29, 0.717) is 35.7 Å². The molecule has 1 atom stereocenters. The Balaban J connectivity index is 0.000000156. The molecule has 115 heavy (non-hydrogen) atoms. The van der Waals surface area contributed by atoms with Crippen LogP contribution >= 0.6 is 11.6 Å². The summed E-state index contributed by atoms with van der Waals surface area (Å²) in [5.74, 6) is 1.74. The molecule has 1 unspecified atom stereocenters. The zero-order valence-electron chi connectivity index (χ0n) is 67.6. The first-order valence-electron chi connectivity index (χ1n) is 38.9. The van der Waals surface area contributed by atoms with Crippen LogP contribution in [0.1, 0.15) is 124 Å². The van der Waals surface area contributed by atoms with E-state index in [1.54, 1.807) is 68.8 Å². The van der Waals surface area contributed by atoms with Gasteiger partial charge in [0, 0.05) is 87.6 Å². The van der Waals surface area contributed by atoms with Crippen LogP contribution in [-0.4, -0.2) is 144 Å². The monoisotopic (exact) mass is 1580 g/mol. The number of allylic oxidation sites excluding steroid dienone is 2. The molecule has 3 fully saturated rings. The quantitative estimate of drug-likeness (QED) is 0.0459. The molecule has 0 bridgehead atoms. The first-order valence-corrected chi connectivity index (χ1v) is 39.3. The van der Waals surface area contributed by atoms with Gasteiger partial charge in [0.2, 0.25) is 5.24 Å². The number of nitrogens with two attached hydrogens (primary N) is 1. The molecule has 0 radical (unpaired) electrons. The molecule has 0 aliphatic carbocycles. The molecule has 4 aliphatic rings. The molecule has 0 saturated carbocycles. The lowest BCUT2D eigenvalue weighted by Gasteiger charge is -2.30. The van der Waals surface area contributed by atoms with Gasteiger partial charge >= 0.3 is 11.9 Å². The highest BCUT2D eigenvalue weighted by Gasteiger charge is 2.35. The Bertz CT molecular complexity index is 5140. The van der Waals surface area contributed by atoms with Crippen molar-refractivity contribution >= 4 is 74.6 Å². The maximum absolute atomic E-state index is 13.8. The van der Waals surface area contributed by atoms with Crippen molar-refractivity contribution in [1.82, 2.24) is 34.2 Å². The fourth-order valence-electron chi connectivity index (χ4n) is 14.7. The molecule has 3 N–H and O–H groups in total. The summed E-state index contributed by atoms with van der Waals surface area (Å²) in [5.41, 5.74) is 23.8. The number of hydrogen-bond donors (Lipinski definition) is 2. The summed E-state index contributed by atoms with van der Waals surface area (Å²) in [5, 5.41) is 16.7. The molecule has 4 aromatic heterocycles. The molecule has 8 heterocycles. The van der Waals surface area contributed by atoms with Crippen molar-refractivity contribution in [3.05, 3.63) is 232 Å². The van der Waals surface area contributed by atoms with Crippen LogP contribution in [0, 0.1) is 6.92 Å². The van der Waals surface area contributed by atoms with Crippen LogP contribution in [0.4, 0.5) is 22.9 Å². The number of fused-ring (bicyclic) bond motifs is 2. The number of anilines is 4. The number of carbonyl (C=O) groups excluding carboxylic acids is 5. The van der Waals surface area contributed by atoms with Crippen LogP contribution in [0.15, 0.2) is 198 Å². The van der Waals surface area contributed by atoms with E-state index in [2.05, 4.69) is 89.1 Å². The van der Waals surface area contributed by atoms with E-state index in [1.165, 1.54) is 65.9 Å². The number of aryl methyl sites for hydroxylation is 1. The number of rotatable bonds is 18. The van der Waals surface area contributed by atoms with Crippen LogP contribution in [0.5, 0.6) is 23.0 Å². The minimum atomic E-state index is -0.851. The molecule has 24 heteroatoms. The lowest BCUT2D eigenvalue weighted by Crippen LogP contribution is -2.31. The zero-order valence-corrected chi connectivity index (χ0v) is 68.3. The van der Waals surface area contributed by atoms with Gasteiger partial charge in [0.15, 0.2) is 11.5 Å². The standard InChI is InChI=1S/C26H28N4O2.C26H27N3O2.C14H18N4.C12H14O4.C11H14O3.C2H3ClO/c1-18-22(19-12-14-21(32-3)15-13-19)26(31)30-25(28(18)2)24(29-16-8-5-9-17-29)23(27-30)20-10-6-4-7-11-20;1-18-17-22-25(28-15-7-4-8-16-28)24(20-9-5-3-6-10-20)27-29(22)26(30)23(18)19-11-13-21(31-2)14-12-19;15-14-13(18-9-5-2-6-10-18)12(16-17-14)11-7-3-1-4-8-11;1-8(13)11(12(14)16-3)9-4-6-10(15-2)7-5-9;1-3-14-11(12)8-9-4-6-10(13-2)7-5-9;1-2(3)4/h4,6-7,10-15H,5,8-9,16-17H2,1-3H3;3,5-6,9-14H,4,7-8,15-17H2,1-2H3;1,3-4,7-8H,2,5-6,9-10H2,(H3,15,16,17);4-7,11H,1-3H3;4-7H,3,8H2,1-2H3;1H3. The van der Waals surface area contributed by atoms with E-state index < -0.39 is 11.9 Å². The third kappa shape index (κ3) is 21.4. The minimum absolute atomic E-state index is 0.0515. The van der Waals surface area contributed by atoms with Crippen molar-refractivity contribution < 1.29 is 52.4 Å². The van der Waals surface area contributed by atoms with Gasteiger partial charge in [-0.2, -0.15) is 24.5 Å². The number of ether oxygens (including phenoxy) is 6. The Morgan fingerprint density at radius 2 is 0.957 bits per heavy atom. The molecule has 7 aromatic carbocycles. The third-order valence-electron chi connectivity index (χ3n) is 20.4. The molecule has 11 aromatic rings. The van der Waals surface area contributed by atoms with Gasteiger partial charge in [0.1, 0.15) is 57.5 Å². The maximum atomic E-state index is 13.8. The van der Waals surface area contributed by atoms with E-state index in [-0.39, 0.29) is 28.5 Å². The highest BCUT2D eigenvalue weighted by atomic mass is 35.5. The normalized spacial score (nSPS) is 13.9. The number of Topliss-reactive ketones (excluding diaryl/α,β-unsaturated/α-hetero) is 1. The highest BCUT2D eigenvalue weighted by molar-refractivity contribution is 6.62. The van der Waals surface area contributed by atoms with Gasteiger partial charge in [-0.25, -0.2) is 0 Å². The van der Waals surface area contributed by atoms with E-state index in [1.807, 2.05) is 141 Å². The molecular formula is C91H104ClN11O12. The number of esters is 2.